The molecule has 0 spiro atoms. The van der Waals surface area contributed by atoms with Crippen molar-refractivity contribution in [2.45, 2.75) is 413 Å². The Labute approximate surface area is 750 Å². The zero-order valence-corrected chi connectivity index (χ0v) is 78.7. The molecule has 0 saturated heterocycles. The van der Waals surface area contributed by atoms with E-state index in [1.807, 2.05) is 12.1 Å². The number of fused-ring (bicyclic) bond motifs is 20. The Morgan fingerprint density at radius 1 is 0.218 bits per heavy atom. The van der Waals surface area contributed by atoms with Crippen LogP contribution in [-0.4, -0.2) is 129 Å². The number of rotatable bonds is 78. The number of aliphatic hydroxyl groups excluding tert-OH is 2. The van der Waals surface area contributed by atoms with Gasteiger partial charge in [-0.3, -0.25) is 0 Å². The summed E-state index contributed by atoms with van der Waals surface area (Å²) in [6, 6.07) is 22.1. The molecule has 7 aromatic rings. The molecule has 0 amide bonds. The highest BCUT2D eigenvalue weighted by atomic mass is 16.6. The molecular weight excluding hydrogens is 1540 g/mol. The Morgan fingerprint density at radius 2 is 0.419 bits per heavy atom. The number of hydrogen-bond acceptors (Lipinski definition) is 14. The lowest BCUT2D eigenvalue weighted by molar-refractivity contribution is 0.0247. The Balaban J connectivity index is 1.09. The van der Waals surface area contributed by atoms with Gasteiger partial charge in [-0.2, -0.15) is 0 Å². The van der Waals surface area contributed by atoms with Gasteiger partial charge in [0.25, 0.3) is 0 Å². The molecule has 0 aliphatic carbocycles. The summed E-state index contributed by atoms with van der Waals surface area (Å²) in [5.74, 6) is 3.78. The van der Waals surface area contributed by atoms with Gasteiger partial charge in [-0.15, -0.1) is 0 Å². The van der Waals surface area contributed by atoms with Crippen molar-refractivity contribution in [3.8, 4) is 57.1 Å². The lowest BCUT2D eigenvalue weighted by atomic mass is 9.92. The summed E-state index contributed by atoms with van der Waals surface area (Å²) >= 11 is 0. The topological polar surface area (TPSA) is 205 Å². The van der Waals surface area contributed by atoms with Gasteiger partial charge in [-0.05, 0) is 134 Å². The average Bonchev–Trinajstić information content (AvgIpc) is 1.59. The van der Waals surface area contributed by atoms with Crippen molar-refractivity contribution in [2.24, 2.45) is 0 Å². The maximum atomic E-state index is 9.27. The fraction of sp³-hybridized carbons (Fsp3) is 0.704. The summed E-state index contributed by atoms with van der Waals surface area (Å²) in [7, 11) is 0. The van der Waals surface area contributed by atoms with Gasteiger partial charge in [0.2, 0.25) is 0 Å². The van der Waals surface area contributed by atoms with E-state index < -0.39 is 0 Å². The van der Waals surface area contributed by atoms with Gasteiger partial charge in [0.1, 0.15) is 47.3 Å². The van der Waals surface area contributed by atoms with Crippen LogP contribution in [0.4, 0.5) is 0 Å². The molecule has 2 aliphatic heterocycles. The minimum atomic E-state index is -0.0189. The Bertz CT molecular complexity index is 3890. The summed E-state index contributed by atoms with van der Waals surface area (Å²) in [6.45, 7) is 12.8. The fourth-order valence-corrected chi connectivity index (χ4v) is 18.4. The second-order valence-corrected chi connectivity index (χ2v) is 36.3. The molecule has 0 unspecified atom stereocenters. The number of hydrogen-bond donors (Lipinski definition) is 4. The van der Waals surface area contributed by atoms with Crippen molar-refractivity contribution in [3.05, 3.63) is 82.9 Å². The Kier molecular flexibility index (Phi) is 52.6. The fourth-order valence-electron chi connectivity index (χ4n) is 18.4. The van der Waals surface area contributed by atoms with E-state index in [9.17, 15) is 10.2 Å². The molecule has 5 heterocycles. The molecule has 690 valence electrons. The molecule has 4 aromatic carbocycles. The van der Waals surface area contributed by atoms with Crippen molar-refractivity contribution in [3.63, 3.8) is 0 Å². The minimum Gasteiger partial charge on any atom is -0.491 e. The van der Waals surface area contributed by atoms with E-state index in [-0.39, 0.29) is 26.4 Å². The second kappa shape index (κ2) is 64.4. The zero-order chi connectivity index (χ0) is 86.6. The van der Waals surface area contributed by atoms with E-state index in [1.54, 1.807) is 0 Å². The molecule has 4 N–H and O–H groups in total. The third-order valence-electron chi connectivity index (χ3n) is 25.8. The third kappa shape index (κ3) is 38.1. The van der Waals surface area contributed by atoms with Gasteiger partial charge in [-0.1, -0.05) is 362 Å². The van der Waals surface area contributed by atoms with Gasteiger partial charge < -0.3 is 48.6 Å². The highest BCUT2D eigenvalue weighted by Gasteiger charge is 2.27. The number of aliphatic hydroxyl groups is 2. The van der Waals surface area contributed by atoms with Crippen LogP contribution >= 0.6 is 0 Å². The molecule has 0 saturated carbocycles. The molecule has 16 nitrogen and oxygen atoms in total. The van der Waals surface area contributed by atoms with Crippen molar-refractivity contribution in [1.82, 2.24) is 39.9 Å². The molecule has 0 atom stereocenters. The van der Waals surface area contributed by atoms with Gasteiger partial charge in [0.15, 0.2) is 23.3 Å². The van der Waals surface area contributed by atoms with Crippen molar-refractivity contribution < 1.29 is 38.6 Å². The maximum absolute atomic E-state index is 9.27. The number of unbranched alkanes of at least 4 members (excludes halogenated alkanes) is 52. The molecule has 3 aromatic heterocycles. The van der Waals surface area contributed by atoms with Crippen molar-refractivity contribution >= 4 is 44.1 Å². The molecule has 0 radical (unpaired) electrons. The highest BCUT2D eigenvalue weighted by molar-refractivity contribution is 6.07. The van der Waals surface area contributed by atoms with Gasteiger partial charge in [0.05, 0.1) is 66.1 Å². The van der Waals surface area contributed by atoms with Crippen LogP contribution in [0.1, 0.15) is 410 Å². The third-order valence-corrected chi connectivity index (χ3v) is 25.8. The number of aryl methyl sites for hydroxylation is 4. The van der Waals surface area contributed by atoms with E-state index >= 15 is 0 Å². The van der Waals surface area contributed by atoms with E-state index in [1.165, 1.54) is 356 Å². The molecule has 2 aliphatic rings. The van der Waals surface area contributed by atoms with E-state index in [0.717, 1.165) is 95.2 Å². The van der Waals surface area contributed by atoms with E-state index in [0.29, 0.717) is 110 Å². The smallest absolute Gasteiger partial charge is 0.164 e. The molecule has 9 rings (SSSR count). The van der Waals surface area contributed by atoms with Crippen LogP contribution < -0.4 is 9.47 Å². The quantitative estimate of drug-likeness (QED) is 0.0262. The van der Waals surface area contributed by atoms with Gasteiger partial charge in [-0.25, -0.2) is 29.9 Å². The summed E-state index contributed by atoms with van der Waals surface area (Å²) in [5, 5.41) is 22.0. The number of aromatic nitrogens is 8. The van der Waals surface area contributed by atoms with Gasteiger partial charge in [0, 0.05) is 43.8 Å². The standard InChI is InChI=1S/C108H170N8O8/c1-5-9-13-17-21-25-29-33-37-41-45-49-53-57-61-87-81-95-97(83-89(87)63-59-55-51-47-43-39-35-31-27-23-19-15-11-7-3)105-113-103(95)109-101-93-67-65-91(123-79-77-121-75-73-119-71-69-117)85-99(93)108(111-101)116-106-98-84-90(64-60-56-52-48-44-40-36-32-28-24-20-16-12-8-4)88(62-58-54-50-46-42-38-34-30-26-22-18-14-10-6-2)82-96(98)104(114-106)110-102-94-68-66-92(86-100(94)107(112-102)115-105)124-80-78-122-76-74-120-72-70-118/h65-68,81-86,117-118H,5-64,69-80H2,1-4H3,(H2,109,110,111,112,113,114,115,116). The van der Waals surface area contributed by atoms with Crippen molar-refractivity contribution in [2.75, 3.05) is 79.3 Å². The van der Waals surface area contributed by atoms with Crippen molar-refractivity contribution in [1.29, 1.82) is 0 Å². The van der Waals surface area contributed by atoms with Crippen LogP contribution in [0.25, 0.3) is 89.7 Å². The number of aromatic amines is 2. The number of nitrogens with one attached hydrogen (secondary N) is 2. The van der Waals surface area contributed by atoms with E-state index in [2.05, 4.69) is 86.2 Å². The summed E-state index contributed by atoms with van der Waals surface area (Å²) in [4.78, 5) is 41.6. The van der Waals surface area contributed by atoms with Crippen LogP contribution in [0.15, 0.2) is 60.7 Å². The maximum Gasteiger partial charge on any atom is 0.164 e. The van der Waals surface area contributed by atoms with Crippen LogP contribution in [-0.2, 0) is 44.6 Å². The molecule has 124 heavy (non-hydrogen) atoms. The monoisotopic (exact) mass is 1710 g/mol. The first-order valence-corrected chi connectivity index (χ1v) is 51.6. The molecule has 8 bridgehead atoms. The van der Waals surface area contributed by atoms with Crippen LogP contribution in [0.5, 0.6) is 11.5 Å². The summed E-state index contributed by atoms with van der Waals surface area (Å²) in [6.07, 6.45) is 78.5. The van der Waals surface area contributed by atoms with Crippen LogP contribution in [0, 0.1) is 0 Å². The first-order valence-electron chi connectivity index (χ1n) is 51.6. The largest absolute Gasteiger partial charge is 0.491 e. The predicted molar refractivity (Wildman–Crippen MR) is 521 cm³/mol. The summed E-state index contributed by atoms with van der Waals surface area (Å²) in [5.41, 5.74) is 12.0. The SMILES string of the molecule is CCCCCCCCCCCCCCCCc1cc2c(cc1CCCCCCCCCCCCCCCC)-c1nc-2nc2[nH]c(nc3nc(nc4[nH]c(n1)c1cc(OCCOCCOCCO)ccc41)-c1cc(CCCCCCCCCCCCCCCC)c(CCCCCCCCCCCCCCCC)cc1-3)c1cc(OCCOCCOCCO)ccc21. The lowest BCUT2D eigenvalue weighted by Gasteiger charge is -2.13. The first-order chi connectivity index (χ1) is 61.4. The number of H-pyrrole nitrogens is 2. The van der Waals surface area contributed by atoms with Gasteiger partial charge >= 0.3 is 0 Å². The number of ether oxygens (including phenoxy) is 6. The predicted octanol–water partition coefficient (Wildman–Crippen LogP) is 29.8. The normalized spacial score (nSPS) is 12.0. The number of benzene rings is 4. The van der Waals surface area contributed by atoms with E-state index in [4.69, 9.17) is 58.3 Å². The highest BCUT2D eigenvalue weighted by Crippen LogP contribution is 2.42. The lowest BCUT2D eigenvalue weighted by Crippen LogP contribution is -2.11. The molecular formula is C108H170N8O8. The average molecular weight is 1710 g/mol. The first kappa shape index (κ1) is 101. The van der Waals surface area contributed by atoms with Crippen LogP contribution in [0.3, 0.4) is 0 Å². The summed E-state index contributed by atoms with van der Waals surface area (Å²) < 4.78 is 35.8. The second-order valence-electron chi connectivity index (χ2n) is 36.3. The minimum absolute atomic E-state index is 0.0189. The van der Waals surface area contributed by atoms with Crippen LogP contribution in [0.2, 0.25) is 0 Å². The number of nitrogens with zero attached hydrogens (tertiary/aromatic N) is 6. The Hall–Kier alpha value is -6.40. The zero-order valence-electron chi connectivity index (χ0n) is 78.7. The Morgan fingerprint density at radius 3 is 0.645 bits per heavy atom. The molecule has 16 heteroatoms. The molecule has 0 fully saturated rings.